The van der Waals surface area contributed by atoms with Gasteiger partial charge in [0.15, 0.2) is 6.61 Å². The maximum absolute atomic E-state index is 11.8. The van der Waals surface area contributed by atoms with E-state index in [1.54, 1.807) is 19.0 Å². The molecule has 8 nitrogen and oxygen atoms in total. The van der Waals surface area contributed by atoms with E-state index >= 15 is 0 Å². The van der Waals surface area contributed by atoms with Crippen LogP contribution in [0.2, 0.25) is 0 Å². The molecule has 4 rings (SSSR count). The van der Waals surface area contributed by atoms with E-state index in [1.165, 1.54) is 0 Å². The number of ether oxygens (including phenoxy) is 1. The number of carbonyl (C=O) groups is 1. The monoisotopic (exact) mass is 398 g/mol. The Labute approximate surface area is 171 Å². The number of fused-ring (bicyclic) bond motifs is 1. The molecule has 156 valence electrons. The van der Waals surface area contributed by atoms with Crippen molar-refractivity contribution in [3.05, 3.63) is 41.5 Å². The van der Waals surface area contributed by atoms with E-state index in [-0.39, 0.29) is 12.5 Å². The van der Waals surface area contributed by atoms with Gasteiger partial charge < -0.3 is 19.5 Å². The lowest BCUT2D eigenvalue weighted by Gasteiger charge is -2.32. The van der Waals surface area contributed by atoms with Crippen LogP contribution >= 0.6 is 0 Å². The summed E-state index contributed by atoms with van der Waals surface area (Å²) in [6, 6.07) is 8.01. The van der Waals surface area contributed by atoms with E-state index in [1.807, 2.05) is 18.2 Å². The first kappa shape index (κ1) is 19.8. The maximum Gasteiger partial charge on any atom is 0.259 e. The van der Waals surface area contributed by atoms with Crippen LogP contribution in [-0.4, -0.2) is 70.8 Å². The van der Waals surface area contributed by atoms with Crippen molar-refractivity contribution in [1.82, 2.24) is 29.9 Å². The van der Waals surface area contributed by atoms with E-state index in [4.69, 9.17) is 4.74 Å². The Hall–Kier alpha value is -2.45. The van der Waals surface area contributed by atoms with Gasteiger partial charge in [0.05, 0.1) is 6.54 Å². The molecule has 2 aliphatic heterocycles. The first-order valence-corrected chi connectivity index (χ1v) is 10.4. The number of hydrogen-bond acceptors (Lipinski definition) is 6. The molecule has 2 aliphatic rings. The normalized spacial score (nSPS) is 17.7. The summed E-state index contributed by atoms with van der Waals surface area (Å²) >= 11 is 0. The minimum atomic E-state index is -0.0348. The van der Waals surface area contributed by atoms with Gasteiger partial charge in [0.1, 0.15) is 17.4 Å². The molecule has 0 bridgehead atoms. The molecule has 29 heavy (non-hydrogen) atoms. The molecular formula is C21H30N6O2. The molecule has 3 heterocycles. The minimum absolute atomic E-state index is 0.0348. The first-order chi connectivity index (χ1) is 14.1. The highest BCUT2D eigenvalue weighted by molar-refractivity contribution is 5.77. The quantitative estimate of drug-likeness (QED) is 0.789. The summed E-state index contributed by atoms with van der Waals surface area (Å²) in [7, 11) is 3.48. The molecular weight excluding hydrogens is 368 g/mol. The molecule has 0 atom stereocenters. The van der Waals surface area contributed by atoms with Crippen LogP contribution in [0.3, 0.4) is 0 Å². The van der Waals surface area contributed by atoms with Gasteiger partial charge in [0.2, 0.25) is 0 Å². The third-order valence-electron chi connectivity index (χ3n) is 5.82. The van der Waals surface area contributed by atoms with Gasteiger partial charge in [-0.2, -0.15) is 0 Å². The molecule has 8 heteroatoms. The summed E-state index contributed by atoms with van der Waals surface area (Å²) in [6.07, 6.45) is 2.18. The number of hydrogen-bond donors (Lipinski definition) is 1. The average Bonchev–Trinajstić information content (AvgIpc) is 3.17. The van der Waals surface area contributed by atoms with E-state index in [9.17, 15) is 4.79 Å². The van der Waals surface area contributed by atoms with E-state index in [0.29, 0.717) is 5.92 Å². The Morgan fingerprint density at radius 1 is 1.21 bits per heavy atom. The molecule has 1 aromatic carbocycles. The van der Waals surface area contributed by atoms with E-state index < -0.39 is 0 Å². The third kappa shape index (κ3) is 4.59. The van der Waals surface area contributed by atoms with Crippen LogP contribution in [0.5, 0.6) is 5.75 Å². The van der Waals surface area contributed by atoms with Gasteiger partial charge >= 0.3 is 0 Å². The number of nitrogens with one attached hydrogen (secondary N) is 1. The van der Waals surface area contributed by atoms with Gasteiger partial charge in [-0.3, -0.25) is 9.69 Å². The fraction of sp³-hybridized carbons (Fsp3) is 0.571. The highest BCUT2D eigenvalue weighted by atomic mass is 16.5. The number of nitrogens with zero attached hydrogens (tertiary/aromatic N) is 5. The van der Waals surface area contributed by atoms with Crippen LogP contribution in [0.4, 0.5) is 0 Å². The Kier molecular flexibility index (Phi) is 6.10. The molecule has 1 amide bonds. The van der Waals surface area contributed by atoms with Gasteiger partial charge in [-0.25, -0.2) is 0 Å². The number of likely N-dealkylation sites (tertiary alicyclic amines) is 1. The Morgan fingerprint density at radius 3 is 2.79 bits per heavy atom. The standard InChI is InChI=1S/C21H30N6O2/c1-25(2)20(28)15-29-18-6-4-3-5-17(18)14-26-10-7-16(8-11-26)21-24-23-19-13-22-9-12-27(19)21/h3-6,16,22H,7-15H2,1-2H3. The van der Waals surface area contributed by atoms with Crippen molar-refractivity contribution in [3.63, 3.8) is 0 Å². The van der Waals surface area contributed by atoms with Gasteiger partial charge in [0, 0.05) is 45.2 Å². The van der Waals surface area contributed by atoms with Crippen LogP contribution in [0.15, 0.2) is 24.3 Å². The Balaban J connectivity index is 1.34. The number of para-hydroxylation sites is 1. The average molecular weight is 399 g/mol. The van der Waals surface area contributed by atoms with Crippen LogP contribution in [-0.2, 0) is 24.4 Å². The van der Waals surface area contributed by atoms with Crippen molar-refractivity contribution in [3.8, 4) is 5.75 Å². The van der Waals surface area contributed by atoms with Crippen molar-refractivity contribution in [2.75, 3.05) is 40.3 Å². The number of aromatic nitrogens is 3. The number of likely N-dealkylation sites (N-methyl/N-ethyl adjacent to an activating group) is 1. The summed E-state index contributed by atoms with van der Waals surface area (Å²) in [5.41, 5.74) is 1.13. The van der Waals surface area contributed by atoms with Crippen molar-refractivity contribution in [2.24, 2.45) is 0 Å². The van der Waals surface area contributed by atoms with Crippen molar-refractivity contribution >= 4 is 5.91 Å². The lowest BCUT2D eigenvalue weighted by atomic mass is 9.95. The van der Waals surface area contributed by atoms with Crippen LogP contribution < -0.4 is 10.1 Å². The first-order valence-electron chi connectivity index (χ1n) is 10.4. The van der Waals surface area contributed by atoms with Gasteiger partial charge in [-0.1, -0.05) is 18.2 Å². The second kappa shape index (κ2) is 8.92. The summed E-state index contributed by atoms with van der Waals surface area (Å²) in [5, 5.41) is 12.2. The largest absolute Gasteiger partial charge is 0.483 e. The summed E-state index contributed by atoms with van der Waals surface area (Å²) in [6.45, 7) is 5.73. The zero-order valence-electron chi connectivity index (χ0n) is 17.3. The van der Waals surface area contributed by atoms with Crippen molar-refractivity contribution in [1.29, 1.82) is 0 Å². The van der Waals surface area contributed by atoms with Gasteiger partial charge in [0.25, 0.3) is 5.91 Å². The summed E-state index contributed by atoms with van der Waals surface area (Å²) < 4.78 is 8.11. The van der Waals surface area contributed by atoms with Crippen LogP contribution in [0, 0.1) is 0 Å². The smallest absolute Gasteiger partial charge is 0.259 e. The molecule has 0 saturated carbocycles. The highest BCUT2D eigenvalue weighted by Gasteiger charge is 2.27. The van der Waals surface area contributed by atoms with Gasteiger partial charge in [-0.15, -0.1) is 10.2 Å². The number of amides is 1. The number of carbonyl (C=O) groups excluding carboxylic acids is 1. The van der Waals surface area contributed by atoms with Crippen LogP contribution in [0.1, 0.15) is 36.0 Å². The molecule has 1 fully saturated rings. The molecule has 0 unspecified atom stereocenters. The fourth-order valence-electron chi connectivity index (χ4n) is 4.05. The fourth-order valence-corrected chi connectivity index (χ4v) is 4.05. The van der Waals surface area contributed by atoms with Crippen molar-refractivity contribution < 1.29 is 9.53 Å². The Morgan fingerprint density at radius 2 is 2.00 bits per heavy atom. The van der Waals surface area contributed by atoms with E-state index in [0.717, 1.165) is 75.1 Å². The summed E-state index contributed by atoms with van der Waals surface area (Å²) in [5.74, 6) is 3.46. The molecule has 1 aromatic heterocycles. The number of benzene rings is 1. The molecule has 0 radical (unpaired) electrons. The topological polar surface area (TPSA) is 75.5 Å². The third-order valence-corrected chi connectivity index (χ3v) is 5.82. The second-order valence-electron chi connectivity index (χ2n) is 8.04. The lowest BCUT2D eigenvalue weighted by Crippen LogP contribution is -2.35. The lowest BCUT2D eigenvalue weighted by molar-refractivity contribution is -0.130. The molecule has 0 aliphatic carbocycles. The maximum atomic E-state index is 11.8. The van der Waals surface area contributed by atoms with Gasteiger partial charge in [-0.05, 0) is 32.0 Å². The summed E-state index contributed by atoms with van der Waals surface area (Å²) in [4.78, 5) is 15.8. The second-order valence-corrected chi connectivity index (χ2v) is 8.04. The van der Waals surface area contributed by atoms with Crippen LogP contribution in [0.25, 0.3) is 0 Å². The number of piperidine rings is 1. The SMILES string of the molecule is CN(C)C(=O)COc1ccccc1CN1CCC(c2nnc3n2CCNC3)CC1. The molecule has 0 spiro atoms. The van der Waals surface area contributed by atoms with Crippen molar-refractivity contribution in [2.45, 2.75) is 38.4 Å². The predicted octanol–water partition coefficient (Wildman–Crippen LogP) is 1.23. The molecule has 1 N–H and O–H groups in total. The predicted molar refractivity (Wildman–Crippen MR) is 110 cm³/mol. The van der Waals surface area contributed by atoms with E-state index in [2.05, 4.69) is 31.0 Å². The molecule has 1 saturated heterocycles. The molecule has 2 aromatic rings. The number of rotatable bonds is 6. The minimum Gasteiger partial charge on any atom is -0.483 e. The zero-order valence-corrected chi connectivity index (χ0v) is 17.3. The zero-order chi connectivity index (χ0) is 20.2. The Bertz CT molecular complexity index is 841. The highest BCUT2D eigenvalue weighted by Crippen LogP contribution is 2.29.